The van der Waals surface area contributed by atoms with E-state index in [1.165, 1.54) is 18.2 Å². The Hall–Kier alpha value is -2.96. The van der Waals surface area contributed by atoms with Crippen LogP contribution >= 0.6 is 11.6 Å². The van der Waals surface area contributed by atoms with Gasteiger partial charge in [-0.25, -0.2) is 8.78 Å². The van der Waals surface area contributed by atoms with Crippen LogP contribution in [0.2, 0.25) is 5.02 Å². The van der Waals surface area contributed by atoms with Crippen molar-refractivity contribution in [2.24, 2.45) is 0 Å². The van der Waals surface area contributed by atoms with E-state index in [1.807, 2.05) is 11.8 Å². The van der Waals surface area contributed by atoms with E-state index in [4.69, 9.17) is 16.3 Å². The Morgan fingerprint density at radius 2 is 1.90 bits per heavy atom. The number of piperazine rings is 1. The monoisotopic (exact) mass is 588 g/mol. The van der Waals surface area contributed by atoms with Crippen molar-refractivity contribution in [1.82, 2.24) is 10.2 Å². The zero-order valence-corrected chi connectivity index (χ0v) is 22.5. The first-order chi connectivity index (χ1) is 18.9. The van der Waals surface area contributed by atoms with Gasteiger partial charge in [0.05, 0.1) is 23.4 Å². The van der Waals surface area contributed by atoms with Gasteiger partial charge in [-0.15, -0.1) is 0 Å². The summed E-state index contributed by atoms with van der Waals surface area (Å²) in [6.45, 7) is 3.04. The van der Waals surface area contributed by atoms with Crippen molar-refractivity contribution in [2.45, 2.75) is 51.1 Å². The Labute approximate surface area is 233 Å². The molecule has 13 heteroatoms. The Kier molecular flexibility index (Phi) is 9.52. The molecule has 2 amide bonds. The van der Waals surface area contributed by atoms with Crippen LogP contribution in [0.4, 0.5) is 33.3 Å². The number of benzene rings is 2. The van der Waals surface area contributed by atoms with Gasteiger partial charge < -0.3 is 20.3 Å². The van der Waals surface area contributed by atoms with Gasteiger partial charge in [0.25, 0.3) is 5.91 Å². The lowest BCUT2D eigenvalue weighted by atomic mass is 10.1. The highest BCUT2D eigenvalue weighted by Crippen LogP contribution is 2.33. The molecule has 0 aromatic heterocycles. The molecular formula is C27H30ClF5N4O3. The number of hydrogen-bond donors (Lipinski definition) is 2. The fourth-order valence-electron chi connectivity index (χ4n) is 4.90. The van der Waals surface area contributed by atoms with Crippen LogP contribution in [0.15, 0.2) is 30.3 Å². The number of nitrogens with zero attached hydrogens (tertiary/aromatic N) is 2. The zero-order chi connectivity index (χ0) is 29.0. The summed E-state index contributed by atoms with van der Waals surface area (Å²) in [4.78, 5) is 28.7. The van der Waals surface area contributed by atoms with E-state index < -0.39 is 47.7 Å². The predicted molar refractivity (Wildman–Crippen MR) is 141 cm³/mol. The second kappa shape index (κ2) is 12.7. The largest absolute Gasteiger partial charge is 0.390 e. The lowest BCUT2D eigenvalue weighted by Crippen LogP contribution is -2.52. The molecule has 2 aliphatic heterocycles. The number of carbonyl (C=O) groups excluding carboxylic acids is 2. The molecule has 40 heavy (non-hydrogen) atoms. The van der Waals surface area contributed by atoms with Gasteiger partial charge in [0, 0.05) is 56.0 Å². The fraction of sp³-hybridized carbons (Fsp3) is 0.481. The summed E-state index contributed by atoms with van der Waals surface area (Å²) in [5.41, 5.74) is 0.151. The highest BCUT2D eigenvalue weighted by molar-refractivity contribution is 6.31. The highest BCUT2D eigenvalue weighted by atomic mass is 35.5. The minimum absolute atomic E-state index is 0.111. The van der Waals surface area contributed by atoms with E-state index in [0.29, 0.717) is 43.4 Å². The average molecular weight is 589 g/mol. The van der Waals surface area contributed by atoms with Crippen LogP contribution in [0, 0.1) is 11.6 Å². The first-order valence-corrected chi connectivity index (χ1v) is 13.3. The van der Waals surface area contributed by atoms with E-state index in [0.717, 1.165) is 12.5 Å². The summed E-state index contributed by atoms with van der Waals surface area (Å²) in [5.74, 6) is -3.92. The normalized spacial score (nSPS) is 20.0. The van der Waals surface area contributed by atoms with Gasteiger partial charge in [0.15, 0.2) is 11.6 Å². The van der Waals surface area contributed by atoms with Crippen LogP contribution in [-0.2, 0) is 16.1 Å². The lowest BCUT2D eigenvalue weighted by Gasteiger charge is -2.42. The molecule has 0 spiro atoms. The molecule has 2 aromatic rings. The van der Waals surface area contributed by atoms with Crippen molar-refractivity contribution in [3.8, 4) is 0 Å². The summed E-state index contributed by atoms with van der Waals surface area (Å²) in [6, 6.07) is 6.82. The van der Waals surface area contributed by atoms with E-state index in [2.05, 4.69) is 10.6 Å². The van der Waals surface area contributed by atoms with Crippen molar-refractivity contribution in [1.29, 1.82) is 0 Å². The molecule has 4 rings (SSSR count). The van der Waals surface area contributed by atoms with E-state index >= 15 is 0 Å². The van der Waals surface area contributed by atoms with Crippen LogP contribution < -0.4 is 15.5 Å². The molecule has 0 aliphatic carbocycles. The molecule has 2 N–H and O–H groups in total. The van der Waals surface area contributed by atoms with Gasteiger partial charge in [-0.05, 0) is 44.0 Å². The third-order valence-corrected chi connectivity index (χ3v) is 7.26. The van der Waals surface area contributed by atoms with Gasteiger partial charge >= 0.3 is 6.18 Å². The predicted octanol–water partition coefficient (Wildman–Crippen LogP) is 5.13. The summed E-state index contributed by atoms with van der Waals surface area (Å²) in [5, 5.41) is 5.50. The first-order valence-electron chi connectivity index (χ1n) is 13.0. The second-order valence-corrected chi connectivity index (χ2v) is 10.4. The van der Waals surface area contributed by atoms with Crippen LogP contribution in [0.1, 0.15) is 42.1 Å². The number of carbonyl (C=O) groups is 2. The molecule has 2 saturated heterocycles. The van der Waals surface area contributed by atoms with Gasteiger partial charge in [-0.3, -0.25) is 14.5 Å². The molecule has 0 radical (unpaired) electrons. The van der Waals surface area contributed by atoms with Crippen molar-refractivity contribution in [2.75, 3.05) is 43.0 Å². The van der Waals surface area contributed by atoms with Crippen molar-refractivity contribution >= 4 is 34.8 Å². The molecular weight excluding hydrogens is 559 g/mol. The van der Waals surface area contributed by atoms with Crippen LogP contribution in [0.3, 0.4) is 0 Å². The Morgan fingerprint density at radius 3 is 2.58 bits per heavy atom. The maximum atomic E-state index is 14.9. The third kappa shape index (κ3) is 7.41. The molecule has 2 fully saturated rings. The number of halogens is 6. The summed E-state index contributed by atoms with van der Waals surface area (Å²) in [7, 11) is 0. The number of anilines is 2. The second-order valence-electron chi connectivity index (χ2n) is 9.94. The van der Waals surface area contributed by atoms with Gasteiger partial charge in [-0.1, -0.05) is 17.7 Å². The molecule has 218 valence electrons. The molecule has 0 bridgehead atoms. The third-order valence-electron chi connectivity index (χ3n) is 7.02. The molecule has 0 unspecified atom stereocenters. The average Bonchev–Trinajstić information content (AvgIpc) is 3.44. The summed E-state index contributed by atoms with van der Waals surface area (Å²) < 4.78 is 72.9. The van der Waals surface area contributed by atoms with Crippen LogP contribution in [-0.4, -0.2) is 67.8 Å². The number of hydrogen-bond acceptors (Lipinski definition) is 5. The minimum atomic E-state index is -4.24. The fourth-order valence-corrected chi connectivity index (χ4v) is 5.06. The summed E-state index contributed by atoms with van der Waals surface area (Å²) in [6.07, 6.45) is -4.45. The topological polar surface area (TPSA) is 73.9 Å². The molecule has 2 aromatic carbocycles. The maximum absolute atomic E-state index is 14.9. The molecule has 7 nitrogen and oxygen atoms in total. The van der Waals surface area contributed by atoms with Crippen molar-refractivity contribution in [3.63, 3.8) is 0 Å². The summed E-state index contributed by atoms with van der Waals surface area (Å²) >= 11 is 6.20. The number of rotatable bonds is 8. The molecule has 2 aliphatic rings. The Bertz CT molecular complexity index is 1240. The molecule has 2 atom stereocenters. The Balaban J connectivity index is 1.44. The number of nitrogens with one attached hydrogen (secondary N) is 2. The SMILES string of the molecule is C[C@@H]1CN(CCC(F)(F)F)CCN1c1cc(Cl)ccc1NC(=O)c1ccc(CNC(=O)[C@H]2CCCO2)c(F)c1F. The van der Waals surface area contributed by atoms with Crippen LogP contribution in [0.5, 0.6) is 0 Å². The van der Waals surface area contributed by atoms with Gasteiger partial charge in [-0.2, -0.15) is 13.2 Å². The standard InChI is InChI=1S/C27H30ClF5N4O3/c1-16-15-36(9-8-27(31,32)33)10-11-37(16)21-13-18(28)5-7-20(21)35-25(38)19-6-4-17(23(29)24(19)30)14-34-26(39)22-3-2-12-40-22/h4-7,13,16,22H,2-3,8-12,14-15H2,1H3,(H,34,39)(H,35,38)/t16-,22-/m1/s1. The lowest BCUT2D eigenvalue weighted by molar-refractivity contribution is -0.138. The van der Waals surface area contributed by atoms with Crippen molar-refractivity contribution < 1.29 is 36.3 Å². The first kappa shape index (κ1) is 30.0. The number of amides is 2. The molecule has 2 heterocycles. The quantitative estimate of drug-likeness (QED) is 0.419. The van der Waals surface area contributed by atoms with Crippen molar-refractivity contribution in [3.05, 3.63) is 58.1 Å². The number of alkyl halides is 3. The number of ether oxygens (including phenoxy) is 1. The smallest absolute Gasteiger partial charge is 0.368 e. The van der Waals surface area contributed by atoms with Gasteiger partial charge in [0.2, 0.25) is 5.91 Å². The van der Waals surface area contributed by atoms with Crippen LogP contribution in [0.25, 0.3) is 0 Å². The maximum Gasteiger partial charge on any atom is 0.390 e. The zero-order valence-electron chi connectivity index (χ0n) is 21.8. The van der Waals surface area contributed by atoms with Gasteiger partial charge in [0.1, 0.15) is 6.10 Å². The Morgan fingerprint density at radius 1 is 1.12 bits per heavy atom. The molecule has 0 saturated carbocycles. The van der Waals surface area contributed by atoms with E-state index in [9.17, 15) is 31.5 Å². The highest BCUT2D eigenvalue weighted by Gasteiger charge is 2.31. The van der Waals surface area contributed by atoms with E-state index in [1.54, 1.807) is 11.0 Å². The van der Waals surface area contributed by atoms with E-state index in [-0.39, 0.29) is 30.4 Å². The minimum Gasteiger partial charge on any atom is -0.368 e.